The molecule has 0 atom stereocenters. The van der Waals surface area contributed by atoms with Crippen molar-refractivity contribution in [2.24, 2.45) is 10.9 Å². The highest BCUT2D eigenvalue weighted by atomic mass is 16.5. The fourth-order valence-corrected chi connectivity index (χ4v) is 3.60. The van der Waals surface area contributed by atoms with Crippen LogP contribution in [0.15, 0.2) is 35.7 Å². The number of rotatable bonds is 3. The van der Waals surface area contributed by atoms with Gasteiger partial charge in [-0.2, -0.15) is 5.10 Å². The van der Waals surface area contributed by atoms with Gasteiger partial charge >= 0.3 is 0 Å². The number of ether oxygens (including phenoxy) is 1. The first-order valence-corrected chi connectivity index (χ1v) is 9.32. The second-order valence-corrected chi connectivity index (χ2v) is 6.78. The molecule has 2 aromatic heterocycles. The number of nitrogens with two attached hydrogens (primary N) is 1. The number of aromatic nitrogens is 2. The van der Waals surface area contributed by atoms with Crippen molar-refractivity contribution >= 4 is 23.8 Å². The van der Waals surface area contributed by atoms with Crippen molar-refractivity contribution in [1.82, 2.24) is 14.5 Å². The first-order chi connectivity index (χ1) is 13.7. The van der Waals surface area contributed by atoms with Crippen LogP contribution < -0.4 is 21.0 Å². The van der Waals surface area contributed by atoms with Crippen molar-refractivity contribution in [2.45, 2.75) is 19.3 Å². The van der Waals surface area contributed by atoms with E-state index in [1.807, 2.05) is 9.80 Å². The van der Waals surface area contributed by atoms with Crippen LogP contribution in [0.4, 0.5) is 11.5 Å². The van der Waals surface area contributed by atoms with Crippen LogP contribution in [0.1, 0.15) is 29.6 Å². The van der Waals surface area contributed by atoms with Gasteiger partial charge in [0.1, 0.15) is 6.61 Å². The fraction of sp³-hybridized carbons (Fsp3) is 0.368. The van der Waals surface area contributed by atoms with E-state index in [-0.39, 0.29) is 5.91 Å². The number of amides is 1. The van der Waals surface area contributed by atoms with Crippen LogP contribution in [-0.2, 0) is 4.79 Å². The van der Waals surface area contributed by atoms with Crippen LogP contribution in [0.5, 0.6) is 5.75 Å². The predicted octanol–water partition coefficient (Wildman–Crippen LogP) is 0.852. The molecule has 0 aromatic carbocycles. The zero-order chi connectivity index (χ0) is 19.5. The van der Waals surface area contributed by atoms with Crippen LogP contribution >= 0.6 is 0 Å². The molecule has 146 valence electrons. The first kappa shape index (κ1) is 18.0. The molecule has 1 fully saturated rings. The average Bonchev–Trinajstić information content (AvgIpc) is 2.77. The third kappa shape index (κ3) is 3.30. The number of likely N-dealkylation sites (tertiary alicyclic amines) is 1. The van der Waals surface area contributed by atoms with Crippen molar-refractivity contribution in [3.8, 4) is 5.75 Å². The molecule has 9 nitrogen and oxygen atoms in total. The van der Waals surface area contributed by atoms with Crippen molar-refractivity contribution in [1.29, 1.82) is 0 Å². The number of pyridine rings is 2. The van der Waals surface area contributed by atoms with Crippen molar-refractivity contribution in [3.63, 3.8) is 0 Å². The summed E-state index contributed by atoms with van der Waals surface area (Å²) in [5.41, 5.74) is 1.65. The molecule has 2 aromatic rings. The van der Waals surface area contributed by atoms with Gasteiger partial charge in [-0.25, -0.2) is 4.98 Å². The van der Waals surface area contributed by atoms with E-state index in [1.165, 1.54) is 11.0 Å². The lowest BCUT2D eigenvalue weighted by Crippen LogP contribution is -2.36. The molecule has 1 saturated heterocycles. The van der Waals surface area contributed by atoms with Gasteiger partial charge in [0.05, 0.1) is 12.1 Å². The highest BCUT2D eigenvalue weighted by Crippen LogP contribution is 2.35. The summed E-state index contributed by atoms with van der Waals surface area (Å²) in [5, 5.41) is 3.65. The minimum Gasteiger partial charge on any atom is -0.488 e. The maximum absolute atomic E-state index is 12.7. The number of carbonyl (C=O) groups is 2. The van der Waals surface area contributed by atoms with E-state index < -0.39 is 0 Å². The van der Waals surface area contributed by atoms with Gasteiger partial charge in [-0.3, -0.25) is 14.2 Å². The second-order valence-electron chi connectivity index (χ2n) is 6.78. The third-order valence-corrected chi connectivity index (χ3v) is 5.06. The summed E-state index contributed by atoms with van der Waals surface area (Å²) in [4.78, 5) is 32.2. The second kappa shape index (κ2) is 7.71. The minimum absolute atomic E-state index is 0.00771. The smallest absolute Gasteiger partial charge is 0.255 e. The summed E-state index contributed by atoms with van der Waals surface area (Å²) in [6.07, 6.45) is 7.08. The molecular weight excluding hydrogens is 360 g/mol. The van der Waals surface area contributed by atoms with Crippen LogP contribution in [0, 0.1) is 0 Å². The number of fused-ring (bicyclic) bond motifs is 1. The Labute approximate surface area is 162 Å². The van der Waals surface area contributed by atoms with Gasteiger partial charge in [0, 0.05) is 37.2 Å². The van der Waals surface area contributed by atoms with Gasteiger partial charge < -0.3 is 20.4 Å². The summed E-state index contributed by atoms with van der Waals surface area (Å²) in [7, 11) is 0. The number of hydrogen-bond acceptors (Lipinski definition) is 7. The highest BCUT2D eigenvalue weighted by Gasteiger charge is 2.25. The Kier molecular flexibility index (Phi) is 4.96. The SMILES string of the molecule is N/N=c1/cc(N2CCOc3cc(C(=O)N4CCCCC4)cnc32)ccn1C=O. The molecular formula is C19H22N6O3. The molecule has 0 unspecified atom stereocenters. The Morgan fingerprint density at radius 3 is 2.79 bits per heavy atom. The summed E-state index contributed by atoms with van der Waals surface area (Å²) in [5.74, 6) is 6.56. The normalized spacial score (nSPS) is 17.1. The lowest BCUT2D eigenvalue weighted by Gasteiger charge is -2.31. The predicted molar refractivity (Wildman–Crippen MR) is 103 cm³/mol. The summed E-state index contributed by atoms with van der Waals surface area (Å²) < 4.78 is 7.06. The number of anilines is 2. The zero-order valence-electron chi connectivity index (χ0n) is 15.5. The molecule has 0 radical (unpaired) electrons. The number of carbonyl (C=O) groups excluding carboxylic acids is 2. The highest BCUT2D eigenvalue weighted by molar-refractivity contribution is 5.95. The van der Waals surface area contributed by atoms with E-state index in [2.05, 4.69) is 10.1 Å². The van der Waals surface area contributed by atoms with Crippen molar-refractivity contribution in [3.05, 3.63) is 41.6 Å². The van der Waals surface area contributed by atoms with Gasteiger partial charge in [0.2, 0.25) is 6.41 Å². The standard InChI is InChI=1S/C19H22N6O3/c20-22-17-11-15(4-7-24(17)13-26)25-8-9-28-16-10-14(12-21-18(16)25)19(27)23-5-2-1-3-6-23/h4,7,10-13H,1-3,5-6,8-9,20H2/b22-17-. The number of piperidine rings is 1. The number of nitrogens with zero attached hydrogens (tertiary/aromatic N) is 5. The molecule has 0 bridgehead atoms. The average molecular weight is 382 g/mol. The maximum Gasteiger partial charge on any atom is 0.255 e. The molecule has 1 amide bonds. The first-order valence-electron chi connectivity index (χ1n) is 9.32. The fourth-order valence-electron chi connectivity index (χ4n) is 3.60. The largest absolute Gasteiger partial charge is 0.488 e. The number of hydrogen-bond donors (Lipinski definition) is 1. The minimum atomic E-state index is -0.00771. The molecule has 9 heteroatoms. The molecule has 0 spiro atoms. The Hall–Kier alpha value is -3.36. The van der Waals surface area contributed by atoms with Gasteiger partial charge in [-0.05, 0) is 31.4 Å². The van der Waals surface area contributed by atoms with Crippen LogP contribution in [-0.4, -0.2) is 53.0 Å². The molecule has 28 heavy (non-hydrogen) atoms. The molecule has 2 aliphatic rings. The van der Waals surface area contributed by atoms with Crippen molar-refractivity contribution in [2.75, 3.05) is 31.1 Å². The van der Waals surface area contributed by atoms with E-state index >= 15 is 0 Å². The topological polar surface area (TPSA) is 106 Å². The van der Waals surface area contributed by atoms with E-state index in [1.54, 1.807) is 30.6 Å². The van der Waals surface area contributed by atoms with Crippen LogP contribution in [0.3, 0.4) is 0 Å². The van der Waals surface area contributed by atoms with Gasteiger partial charge in [-0.15, -0.1) is 0 Å². The van der Waals surface area contributed by atoms with Crippen LogP contribution in [0.25, 0.3) is 0 Å². The van der Waals surface area contributed by atoms with Crippen LogP contribution in [0.2, 0.25) is 0 Å². The molecule has 2 N–H and O–H groups in total. The molecule has 4 rings (SSSR count). The molecule has 0 saturated carbocycles. The maximum atomic E-state index is 12.7. The van der Waals surface area contributed by atoms with Crippen molar-refractivity contribution < 1.29 is 14.3 Å². The van der Waals surface area contributed by atoms with Gasteiger partial charge in [-0.1, -0.05) is 0 Å². The third-order valence-electron chi connectivity index (χ3n) is 5.06. The van der Waals surface area contributed by atoms with E-state index in [9.17, 15) is 9.59 Å². The lowest BCUT2D eigenvalue weighted by atomic mass is 10.1. The Morgan fingerprint density at radius 1 is 1.21 bits per heavy atom. The molecule has 2 aliphatic heterocycles. The molecule has 0 aliphatic carbocycles. The Morgan fingerprint density at radius 2 is 2.04 bits per heavy atom. The van der Waals surface area contributed by atoms with Gasteiger partial charge in [0.25, 0.3) is 5.91 Å². The summed E-state index contributed by atoms with van der Waals surface area (Å²) in [6, 6.07) is 5.25. The summed E-state index contributed by atoms with van der Waals surface area (Å²) in [6.45, 7) is 2.60. The monoisotopic (exact) mass is 382 g/mol. The quantitative estimate of drug-likeness (QED) is 0.479. The molecule has 4 heterocycles. The van der Waals surface area contributed by atoms with E-state index in [0.29, 0.717) is 42.2 Å². The van der Waals surface area contributed by atoms with Gasteiger partial charge in [0.15, 0.2) is 17.1 Å². The van der Waals surface area contributed by atoms with E-state index in [4.69, 9.17) is 10.6 Å². The van der Waals surface area contributed by atoms with E-state index in [0.717, 1.165) is 31.6 Å². The Bertz CT molecular complexity index is 964. The Balaban J connectivity index is 1.65. The summed E-state index contributed by atoms with van der Waals surface area (Å²) >= 11 is 0. The lowest BCUT2D eigenvalue weighted by molar-refractivity contribution is 0.0723. The zero-order valence-corrected chi connectivity index (χ0v) is 15.5.